The minimum atomic E-state index is -0.0123. The predicted octanol–water partition coefficient (Wildman–Crippen LogP) is 3.24. The van der Waals surface area contributed by atoms with Gasteiger partial charge in [-0.3, -0.25) is 4.79 Å². The maximum Gasteiger partial charge on any atom is 0.220 e. The van der Waals surface area contributed by atoms with Crippen molar-refractivity contribution in [2.24, 2.45) is 11.7 Å². The van der Waals surface area contributed by atoms with Crippen LogP contribution in [0.4, 0.5) is 0 Å². The first kappa shape index (κ1) is 20.6. The number of rotatable bonds is 5. The molecular weight excluding hydrogens is 329 g/mol. The van der Waals surface area contributed by atoms with Crippen LogP contribution in [0.2, 0.25) is 0 Å². The molecule has 4 nitrogen and oxygen atoms in total. The standard InChI is InChI=1S/C14H23N3OS.2ClH/c1-3-14-17-12(8-19-14)9(2)16-13(18)7-10-5-4-6-11(10)15;;/h8-11H,3-7,15H2,1-2H3,(H,16,18);2*1H/t9?,10-,11+;;/m0../s1. The Bertz CT molecular complexity index is 442. The van der Waals surface area contributed by atoms with E-state index in [1.54, 1.807) is 11.3 Å². The molecule has 1 amide bonds. The molecule has 1 aromatic rings. The van der Waals surface area contributed by atoms with Crippen LogP contribution in [0.3, 0.4) is 0 Å². The molecule has 1 unspecified atom stereocenters. The van der Waals surface area contributed by atoms with Crippen molar-refractivity contribution in [1.82, 2.24) is 10.3 Å². The van der Waals surface area contributed by atoms with E-state index in [0.29, 0.717) is 12.3 Å². The van der Waals surface area contributed by atoms with Crippen LogP contribution in [0.25, 0.3) is 0 Å². The van der Waals surface area contributed by atoms with E-state index >= 15 is 0 Å². The summed E-state index contributed by atoms with van der Waals surface area (Å²) >= 11 is 1.66. The summed E-state index contributed by atoms with van der Waals surface area (Å²) in [6.07, 6.45) is 4.79. The van der Waals surface area contributed by atoms with Crippen LogP contribution in [0, 0.1) is 5.92 Å². The van der Waals surface area contributed by atoms with Crippen LogP contribution in [0.5, 0.6) is 0 Å². The summed E-state index contributed by atoms with van der Waals surface area (Å²) < 4.78 is 0. The van der Waals surface area contributed by atoms with Gasteiger partial charge in [0.25, 0.3) is 0 Å². The summed E-state index contributed by atoms with van der Waals surface area (Å²) in [6, 6.07) is 0.189. The molecule has 122 valence electrons. The second kappa shape index (κ2) is 9.62. The third-order valence-corrected chi connectivity index (χ3v) is 4.87. The molecule has 0 aromatic carbocycles. The highest BCUT2D eigenvalue weighted by Crippen LogP contribution is 2.27. The third kappa shape index (κ3) is 5.74. The average molecular weight is 354 g/mol. The summed E-state index contributed by atoms with van der Waals surface area (Å²) in [5, 5.41) is 6.18. The molecule has 0 aliphatic heterocycles. The summed E-state index contributed by atoms with van der Waals surface area (Å²) in [5.41, 5.74) is 6.96. The zero-order valence-electron chi connectivity index (χ0n) is 12.5. The zero-order valence-corrected chi connectivity index (χ0v) is 15.0. The number of hydrogen-bond donors (Lipinski definition) is 2. The molecule has 1 saturated carbocycles. The fourth-order valence-corrected chi connectivity index (χ4v) is 3.46. The summed E-state index contributed by atoms with van der Waals surface area (Å²) in [4.78, 5) is 16.5. The number of thiazole rings is 1. The van der Waals surface area contributed by atoms with Crippen molar-refractivity contribution in [1.29, 1.82) is 0 Å². The summed E-state index contributed by atoms with van der Waals surface area (Å²) in [6.45, 7) is 4.08. The van der Waals surface area contributed by atoms with Gasteiger partial charge in [0, 0.05) is 17.8 Å². The van der Waals surface area contributed by atoms with Crippen LogP contribution in [-0.2, 0) is 11.2 Å². The highest BCUT2D eigenvalue weighted by molar-refractivity contribution is 7.09. The molecule has 0 spiro atoms. The Hall–Kier alpha value is -0.360. The van der Waals surface area contributed by atoms with Crippen molar-refractivity contribution >= 4 is 42.1 Å². The molecule has 2 rings (SSSR count). The molecule has 0 radical (unpaired) electrons. The van der Waals surface area contributed by atoms with Gasteiger partial charge in [0.1, 0.15) is 0 Å². The smallest absolute Gasteiger partial charge is 0.220 e. The second-order valence-electron chi connectivity index (χ2n) is 5.37. The largest absolute Gasteiger partial charge is 0.348 e. The number of hydrogen-bond acceptors (Lipinski definition) is 4. The first-order valence-corrected chi connectivity index (χ1v) is 7.97. The molecule has 7 heteroatoms. The zero-order chi connectivity index (χ0) is 13.8. The van der Waals surface area contributed by atoms with Crippen LogP contribution >= 0.6 is 36.2 Å². The topological polar surface area (TPSA) is 68.0 Å². The van der Waals surface area contributed by atoms with Crippen molar-refractivity contribution in [3.05, 3.63) is 16.1 Å². The van der Waals surface area contributed by atoms with E-state index in [1.807, 2.05) is 12.3 Å². The minimum absolute atomic E-state index is 0. The van der Waals surface area contributed by atoms with Crippen molar-refractivity contribution in [2.45, 2.75) is 58.0 Å². The van der Waals surface area contributed by atoms with E-state index in [4.69, 9.17) is 5.73 Å². The Balaban J connectivity index is 0.00000200. The normalized spacial score (nSPS) is 22.0. The highest BCUT2D eigenvalue weighted by Gasteiger charge is 2.26. The monoisotopic (exact) mass is 353 g/mol. The van der Waals surface area contributed by atoms with E-state index in [-0.39, 0.29) is 42.8 Å². The molecule has 1 aromatic heterocycles. The summed E-state index contributed by atoms with van der Waals surface area (Å²) in [5.74, 6) is 0.453. The first-order valence-electron chi connectivity index (χ1n) is 7.09. The van der Waals surface area contributed by atoms with Gasteiger partial charge in [0.05, 0.1) is 16.7 Å². The van der Waals surface area contributed by atoms with E-state index in [2.05, 4.69) is 17.2 Å². The fraction of sp³-hybridized carbons (Fsp3) is 0.714. The Morgan fingerprint density at radius 1 is 1.52 bits per heavy atom. The maximum atomic E-state index is 12.0. The molecule has 1 aliphatic carbocycles. The Morgan fingerprint density at radius 2 is 2.24 bits per heavy atom. The average Bonchev–Trinajstić information content (AvgIpc) is 2.99. The van der Waals surface area contributed by atoms with Crippen LogP contribution in [-0.4, -0.2) is 16.9 Å². The van der Waals surface area contributed by atoms with Gasteiger partial charge in [-0.05, 0) is 32.1 Å². The number of aromatic nitrogens is 1. The van der Waals surface area contributed by atoms with Gasteiger partial charge in [0.15, 0.2) is 0 Å². The first-order chi connectivity index (χ1) is 9.10. The van der Waals surface area contributed by atoms with Gasteiger partial charge in [-0.1, -0.05) is 13.3 Å². The lowest BCUT2D eigenvalue weighted by Crippen LogP contribution is -2.33. The molecule has 0 saturated heterocycles. The number of halogens is 2. The molecule has 3 atom stereocenters. The maximum absolute atomic E-state index is 12.0. The molecule has 1 fully saturated rings. The summed E-state index contributed by atoms with van der Waals surface area (Å²) in [7, 11) is 0. The number of carbonyl (C=O) groups excluding carboxylic acids is 1. The predicted molar refractivity (Wildman–Crippen MR) is 92.5 cm³/mol. The quantitative estimate of drug-likeness (QED) is 0.853. The van der Waals surface area contributed by atoms with Crippen molar-refractivity contribution < 1.29 is 4.79 Å². The van der Waals surface area contributed by atoms with Gasteiger partial charge in [0.2, 0.25) is 5.91 Å². The van der Waals surface area contributed by atoms with E-state index in [1.165, 1.54) is 0 Å². The molecule has 0 bridgehead atoms. The Labute approximate surface area is 143 Å². The van der Waals surface area contributed by atoms with Gasteiger partial charge in [-0.15, -0.1) is 36.2 Å². The van der Waals surface area contributed by atoms with Gasteiger partial charge >= 0.3 is 0 Å². The number of aryl methyl sites for hydroxylation is 1. The lowest BCUT2D eigenvalue weighted by Gasteiger charge is -2.17. The Kier molecular flexibility index (Phi) is 9.45. The van der Waals surface area contributed by atoms with E-state index in [9.17, 15) is 4.79 Å². The molecule has 21 heavy (non-hydrogen) atoms. The number of nitrogens with two attached hydrogens (primary N) is 1. The molecule has 3 N–H and O–H groups in total. The lowest BCUT2D eigenvalue weighted by molar-refractivity contribution is -0.122. The highest BCUT2D eigenvalue weighted by atomic mass is 35.5. The molecular formula is C14H25Cl2N3OS. The van der Waals surface area contributed by atoms with Crippen molar-refractivity contribution in [3.8, 4) is 0 Å². The lowest BCUT2D eigenvalue weighted by atomic mass is 9.99. The minimum Gasteiger partial charge on any atom is -0.348 e. The van der Waals surface area contributed by atoms with Crippen LogP contribution in [0.15, 0.2) is 5.38 Å². The van der Waals surface area contributed by atoms with Gasteiger partial charge in [-0.25, -0.2) is 4.98 Å². The third-order valence-electron chi connectivity index (χ3n) is 3.86. The number of carbonyl (C=O) groups is 1. The number of nitrogens with zero attached hydrogens (tertiary/aromatic N) is 1. The Morgan fingerprint density at radius 3 is 2.76 bits per heavy atom. The van der Waals surface area contributed by atoms with E-state index < -0.39 is 0 Å². The van der Waals surface area contributed by atoms with Crippen molar-refractivity contribution in [2.75, 3.05) is 0 Å². The molecule has 1 aliphatic rings. The van der Waals surface area contributed by atoms with Crippen molar-refractivity contribution in [3.63, 3.8) is 0 Å². The SMILES string of the molecule is CCc1nc(C(C)NC(=O)C[C@@H]2CCC[C@H]2N)cs1.Cl.Cl. The van der Waals surface area contributed by atoms with Gasteiger partial charge in [-0.2, -0.15) is 0 Å². The number of amides is 1. The number of nitrogens with one attached hydrogen (secondary N) is 1. The fourth-order valence-electron chi connectivity index (χ4n) is 2.62. The molecule has 1 heterocycles. The van der Waals surface area contributed by atoms with Crippen LogP contribution in [0.1, 0.15) is 56.3 Å². The van der Waals surface area contributed by atoms with Crippen LogP contribution < -0.4 is 11.1 Å². The second-order valence-corrected chi connectivity index (χ2v) is 6.31. The van der Waals surface area contributed by atoms with Gasteiger partial charge < -0.3 is 11.1 Å². The van der Waals surface area contributed by atoms with E-state index in [0.717, 1.165) is 36.4 Å².